The molecule has 2 aliphatic heterocycles. The Kier molecular flexibility index (Phi) is 6.57. The van der Waals surface area contributed by atoms with Gasteiger partial charge in [0.1, 0.15) is 11.6 Å². The first-order chi connectivity index (χ1) is 16.7. The Morgan fingerprint density at radius 1 is 1.00 bits per heavy atom. The van der Waals surface area contributed by atoms with Crippen LogP contribution in [-0.4, -0.2) is 46.6 Å². The fourth-order valence-corrected chi connectivity index (χ4v) is 5.55. The molecule has 2 saturated heterocycles. The fraction of sp³-hybridized carbons (Fsp3) is 0.500. The van der Waals surface area contributed by atoms with Crippen LogP contribution in [0.2, 0.25) is 10.0 Å². The number of hydrogen-bond donors (Lipinski definition) is 2. The third-order valence-corrected chi connectivity index (χ3v) is 7.59. The molecule has 5 rings (SSSR count). The highest BCUT2D eigenvalue weighted by Crippen LogP contribution is 2.39. The van der Waals surface area contributed by atoms with E-state index in [1.807, 2.05) is 6.07 Å². The summed E-state index contributed by atoms with van der Waals surface area (Å²) in [4.78, 5) is 32.6. The lowest BCUT2D eigenvalue weighted by atomic mass is 9.96. The fourth-order valence-electron chi connectivity index (χ4n) is 5.10. The molecule has 1 aliphatic carbocycles. The van der Waals surface area contributed by atoms with E-state index in [9.17, 15) is 9.59 Å². The number of carbonyl (C=O) groups is 2. The zero-order valence-electron chi connectivity index (χ0n) is 19.9. The molecule has 3 fully saturated rings. The molecule has 2 bridgehead atoms. The van der Waals surface area contributed by atoms with E-state index in [4.69, 9.17) is 27.9 Å². The second-order valence-corrected chi connectivity index (χ2v) is 11.1. The minimum Gasteiger partial charge on any atom is -0.476 e. The van der Waals surface area contributed by atoms with Gasteiger partial charge in [-0.25, -0.2) is 4.98 Å². The Morgan fingerprint density at radius 2 is 1.71 bits per heavy atom. The van der Waals surface area contributed by atoms with Crippen LogP contribution < -0.4 is 20.3 Å². The first-order valence-electron chi connectivity index (χ1n) is 12.2. The molecular formula is C26H30Cl2N4O3. The maximum absolute atomic E-state index is 13.1. The van der Waals surface area contributed by atoms with E-state index in [0.29, 0.717) is 27.4 Å². The van der Waals surface area contributed by atoms with Crippen molar-refractivity contribution >= 4 is 40.8 Å². The van der Waals surface area contributed by atoms with Gasteiger partial charge in [-0.3, -0.25) is 9.59 Å². The number of aromatic nitrogens is 1. The van der Waals surface area contributed by atoms with E-state index in [0.717, 1.165) is 44.3 Å². The predicted octanol–water partition coefficient (Wildman–Crippen LogP) is 4.75. The number of fused-ring (bicyclic) bond motifs is 2. The minimum absolute atomic E-state index is 0.0336. The number of nitrogens with zero attached hydrogens (tertiary/aromatic N) is 2. The van der Waals surface area contributed by atoms with Crippen molar-refractivity contribution < 1.29 is 14.3 Å². The lowest BCUT2D eigenvalue weighted by Gasteiger charge is -2.41. The van der Waals surface area contributed by atoms with Crippen LogP contribution >= 0.6 is 23.2 Å². The van der Waals surface area contributed by atoms with Gasteiger partial charge in [0.25, 0.3) is 11.8 Å². The second-order valence-electron chi connectivity index (χ2n) is 10.3. The zero-order chi connectivity index (χ0) is 24.7. The topological polar surface area (TPSA) is 83.6 Å². The maximum Gasteiger partial charge on any atom is 0.263 e. The Hall–Kier alpha value is -2.51. The van der Waals surface area contributed by atoms with E-state index in [1.165, 1.54) is 0 Å². The van der Waals surface area contributed by atoms with Gasteiger partial charge in [0, 0.05) is 41.0 Å². The van der Waals surface area contributed by atoms with Gasteiger partial charge in [-0.1, -0.05) is 23.2 Å². The van der Waals surface area contributed by atoms with Crippen LogP contribution in [-0.2, 0) is 4.79 Å². The highest BCUT2D eigenvalue weighted by molar-refractivity contribution is 6.35. The van der Waals surface area contributed by atoms with E-state index in [2.05, 4.69) is 20.5 Å². The number of anilines is 1. The number of nitrogens with one attached hydrogen (secondary N) is 2. The summed E-state index contributed by atoms with van der Waals surface area (Å²) < 4.78 is 5.96. The van der Waals surface area contributed by atoms with Crippen molar-refractivity contribution in [3.63, 3.8) is 0 Å². The third kappa shape index (κ3) is 5.36. The molecule has 35 heavy (non-hydrogen) atoms. The van der Waals surface area contributed by atoms with Crippen LogP contribution in [0.1, 0.15) is 62.7 Å². The third-order valence-electron chi connectivity index (χ3n) is 7.06. The van der Waals surface area contributed by atoms with Gasteiger partial charge in [-0.05, 0) is 82.7 Å². The summed E-state index contributed by atoms with van der Waals surface area (Å²) >= 11 is 12.2. The smallest absolute Gasteiger partial charge is 0.263 e. The van der Waals surface area contributed by atoms with E-state index in [-0.39, 0.29) is 29.9 Å². The molecule has 3 atom stereocenters. The number of amides is 2. The molecule has 7 nitrogen and oxygen atoms in total. The molecule has 1 aromatic carbocycles. The largest absolute Gasteiger partial charge is 0.476 e. The number of rotatable bonds is 7. The average molecular weight is 517 g/mol. The molecule has 1 aromatic heterocycles. The molecule has 2 amide bonds. The summed E-state index contributed by atoms with van der Waals surface area (Å²) in [7, 11) is 0. The highest BCUT2D eigenvalue weighted by Gasteiger charge is 2.43. The van der Waals surface area contributed by atoms with Crippen LogP contribution in [0.5, 0.6) is 5.75 Å². The predicted molar refractivity (Wildman–Crippen MR) is 136 cm³/mol. The van der Waals surface area contributed by atoms with Crippen LogP contribution in [0, 0.1) is 0 Å². The molecule has 186 valence electrons. The molecule has 0 spiro atoms. The van der Waals surface area contributed by atoms with Crippen molar-refractivity contribution in [3.8, 4) is 5.75 Å². The summed E-state index contributed by atoms with van der Waals surface area (Å²) in [5, 5.41) is 7.12. The standard InChI is InChI=1S/C26H30Cl2N4O3/c1-26(2,35-22-8-3-16(27)12-21(22)28)25(34)31-18-13-19-6-7-20(14-18)32(19)23-11-15(9-10-29-23)24(33)30-17-4-5-17/h3,8-12,17-20H,4-7,13-14H2,1-2H3,(H,30,33)(H,31,34)/t18?,19-,20+. The Bertz CT molecular complexity index is 1120. The molecule has 2 N–H and O–H groups in total. The van der Waals surface area contributed by atoms with Gasteiger partial charge in [-0.15, -0.1) is 0 Å². The molecule has 3 heterocycles. The number of ether oxygens (including phenoxy) is 1. The molecule has 0 radical (unpaired) electrons. The van der Waals surface area contributed by atoms with Crippen molar-refractivity contribution in [3.05, 3.63) is 52.1 Å². The Balaban J connectivity index is 1.22. The van der Waals surface area contributed by atoms with Crippen molar-refractivity contribution in [2.75, 3.05) is 4.90 Å². The van der Waals surface area contributed by atoms with Crippen molar-refractivity contribution in [1.29, 1.82) is 0 Å². The molecular weight excluding hydrogens is 487 g/mol. The summed E-state index contributed by atoms with van der Waals surface area (Å²) in [5.41, 5.74) is -0.449. The quantitative estimate of drug-likeness (QED) is 0.554. The van der Waals surface area contributed by atoms with E-state index < -0.39 is 5.60 Å². The molecule has 1 saturated carbocycles. The van der Waals surface area contributed by atoms with E-state index >= 15 is 0 Å². The number of benzene rings is 1. The average Bonchev–Trinajstić information content (AvgIpc) is 3.58. The maximum atomic E-state index is 13.1. The number of halogens is 2. The summed E-state index contributed by atoms with van der Waals surface area (Å²) in [6.07, 6.45) is 7.55. The first-order valence-corrected chi connectivity index (χ1v) is 13.0. The normalized spacial score (nSPS) is 23.7. The van der Waals surface area contributed by atoms with Crippen LogP contribution in [0.25, 0.3) is 0 Å². The number of piperidine rings is 1. The first kappa shape index (κ1) is 24.2. The van der Waals surface area contributed by atoms with Crippen LogP contribution in [0.4, 0.5) is 5.82 Å². The van der Waals surface area contributed by atoms with Gasteiger partial charge in [0.15, 0.2) is 5.60 Å². The molecule has 9 heteroatoms. The monoisotopic (exact) mass is 516 g/mol. The van der Waals surface area contributed by atoms with Crippen LogP contribution in [0.3, 0.4) is 0 Å². The van der Waals surface area contributed by atoms with Gasteiger partial charge < -0.3 is 20.3 Å². The SMILES string of the molecule is CC(C)(Oc1ccc(Cl)cc1Cl)C(=O)NC1C[C@H]2CC[C@@H](C1)N2c1cc(C(=O)NC2CC2)ccn1. The molecule has 2 aromatic rings. The molecule has 1 unspecified atom stereocenters. The number of hydrogen-bond acceptors (Lipinski definition) is 5. The van der Waals surface area contributed by atoms with Gasteiger partial charge in [0.05, 0.1) is 5.02 Å². The summed E-state index contributed by atoms with van der Waals surface area (Å²) in [6.45, 7) is 3.47. The van der Waals surface area contributed by atoms with Gasteiger partial charge in [-0.2, -0.15) is 0 Å². The Labute approximate surface area is 215 Å². The zero-order valence-corrected chi connectivity index (χ0v) is 21.4. The van der Waals surface area contributed by atoms with Crippen LogP contribution in [0.15, 0.2) is 36.5 Å². The lowest BCUT2D eigenvalue weighted by molar-refractivity contribution is -0.135. The summed E-state index contributed by atoms with van der Waals surface area (Å²) in [5.74, 6) is 1.04. The summed E-state index contributed by atoms with van der Waals surface area (Å²) in [6, 6.07) is 9.51. The van der Waals surface area contributed by atoms with Crippen molar-refractivity contribution in [1.82, 2.24) is 15.6 Å². The number of pyridine rings is 1. The van der Waals surface area contributed by atoms with E-state index in [1.54, 1.807) is 44.3 Å². The number of carbonyl (C=O) groups excluding carboxylic acids is 2. The molecule has 3 aliphatic rings. The van der Waals surface area contributed by atoms with Gasteiger partial charge in [0.2, 0.25) is 0 Å². The highest BCUT2D eigenvalue weighted by atomic mass is 35.5. The minimum atomic E-state index is -1.10. The lowest BCUT2D eigenvalue weighted by Crippen LogP contribution is -2.55. The Morgan fingerprint density at radius 3 is 2.37 bits per heavy atom. The van der Waals surface area contributed by atoms with Crippen molar-refractivity contribution in [2.24, 2.45) is 0 Å². The second kappa shape index (κ2) is 9.51. The van der Waals surface area contributed by atoms with Crippen molar-refractivity contribution in [2.45, 2.75) is 82.1 Å². The van der Waals surface area contributed by atoms with Gasteiger partial charge >= 0.3 is 0 Å².